The van der Waals surface area contributed by atoms with E-state index in [0.29, 0.717) is 56.0 Å². The van der Waals surface area contributed by atoms with Crippen molar-refractivity contribution in [3.63, 3.8) is 0 Å². The third kappa shape index (κ3) is 9.00. The topological polar surface area (TPSA) is 91.4 Å². The van der Waals surface area contributed by atoms with Crippen LogP contribution in [0, 0.1) is 5.92 Å². The average molecular weight is 636 g/mol. The Balaban J connectivity index is 1.13. The molecule has 0 bridgehead atoms. The molecule has 1 fully saturated rings. The zero-order chi connectivity index (χ0) is 33.0. The highest BCUT2D eigenvalue weighted by Gasteiger charge is 2.30. The zero-order valence-electron chi connectivity index (χ0n) is 27.0. The lowest BCUT2D eigenvalue weighted by molar-refractivity contribution is -0.146. The molecule has 1 amide bonds. The second kappa shape index (κ2) is 16.5. The number of aryl methyl sites for hydroxylation is 1. The summed E-state index contributed by atoms with van der Waals surface area (Å²) in [6.45, 7) is 3.68. The van der Waals surface area contributed by atoms with Gasteiger partial charge in [0.15, 0.2) is 0 Å². The van der Waals surface area contributed by atoms with Crippen LogP contribution in [0.2, 0.25) is 0 Å². The molecule has 0 radical (unpaired) electrons. The molecule has 0 atom stereocenters. The van der Waals surface area contributed by atoms with Crippen LogP contribution in [0.4, 0.5) is 0 Å². The Morgan fingerprint density at radius 2 is 1.47 bits per heavy atom. The fourth-order valence-corrected chi connectivity index (χ4v) is 5.62. The van der Waals surface area contributed by atoms with E-state index >= 15 is 0 Å². The molecule has 47 heavy (non-hydrogen) atoms. The number of piperidine rings is 1. The lowest BCUT2D eigenvalue weighted by Gasteiger charge is -2.31. The number of ether oxygens (including phenoxy) is 4. The first kappa shape index (κ1) is 33.3. The van der Waals surface area contributed by atoms with Crippen molar-refractivity contribution in [1.29, 1.82) is 0 Å². The molecule has 1 aliphatic heterocycles. The molecule has 0 spiro atoms. The van der Waals surface area contributed by atoms with Crippen molar-refractivity contribution in [3.8, 4) is 22.6 Å². The van der Waals surface area contributed by atoms with Crippen LogP contribution in [-0.2, 0) is 27.3 Å². The maximum absolute atomic E-state index is 13.6. The van der Waals surface area contributed by atoms with Crippen LogP contribution in [0.15, 0.2) is 97.1 Å². The van der Waals surface area contributed by atoms with Crippen LogP contribution in [-0.4, -0.2) is 56.2 Å². The molecule has 8 nitrogen and oxygen atoms in total. The summed E-state index contributed by atoms with van der Waals surface area (Å²) in [5, 5.41) is 0. The Labute approximate surface area is 276 Å². The van der Waals surface area contributed by atoms with Crippen molar-refractivity contribution in [1.82, 2.24) is 4.90 Å². The first-order valence-corrected chi connectivity index (χ1v) is 16.1. The molecule has 0 saturated carbocycles. The molecular formula is C39H41NO7. The number of amides is 1. The number of nitrogens with zero attached hydrogens (tertiary/aromatic N) is 1. The van der Waals surface area contributed by atoms with Gasteiger partial charge in [0, 0.05) is 13.1 Å². The highest BCUT2D eigenvalue weighted by Crippen LogP contribution is 2.27. The minimum atomic E-state index is -0.495. The summed E-state index contributed by atoms with van der Waals surface area (Å²) in [7, 11) is 1.38. The normalized spacial score (nSPS) is 13.1. The van der Waals surface area contributed by atoms with Gasteiger partial charge >= 0.3 is 11.9 Å². The summed E-state index contributed by atoms with van der Waals surface area (Å²) >= 11 is 0. The van der Waals surface area contributed by atoms with Crippen LogP contribution >= 0.6 is 0 Å². The zero-order valence-corrected chi connectivity index (χ0v) is 27.0. The molecule has 0 aliphatic carbocycles. The van der Waals surface area contributed by atoms with Gasteiger partial charge in [0.2, 0.25) is 0 Å². The monoisotopic (exact) mass is 635 g/mol. The van der Waals surface area contributed by atoms with E-state index in [9.17, 15) is 14.4 Å². The highest BCUT2D eigenvalue weighted by molar-refractivity contribution is 6.00. The number of hydrogen-bond donors (Lipinski definition) is 0. The number of esters is 2. The fraction of sp³-hybridized carbons (Fsp3) is 0.308. The molecule has 4 aromatic rings. The smallest absolute Gasteiger partial charge is 0.338 e. The van der Waals surface area contributed by atoms with E-state index in [0.717, 1.165) is 29.7 Å². The van der Waals surface area contributed by atoms with Crippen molar-refractivity contribution >= 4 is 17.8 Å². The summed E-state index contributed by atoms with van der Waals surface area (Å²) in [5.41, 5.74) is 5.22. The average Bonchev–Trinajstić information content (AvgIpc) is 3.13. The van der Waals surface area contributed by atoms with Gasteiger partial charge in [-0.1, -0.05) is 66.7 Å². The molecule has 1 heterocycles. The SMILES string of the molecule is CCOC(=O)c1ccc(OCCCc2ccc(OCc3ccc(-c4ccccc4)cc3)cc2)c(C(=O)N2CCC(C(=O)OC)CC2)c1. The van der Waals surface area contributed by atoms with E-state index in [2.05, 4.69) is 48.5 Å². The van der Waals surface area contributed by atoms with Gasteiger partial charge in [-0.2, -0.15) is 0 Å². The van der Waals surface area contributed by atoms with Gasteiger partial charge in [0.25, 0.3) is 5.91 Å². The molecule has 1 saturated heterocycles. The van der Waals surface area contributed by atoms with Crippen molar-refractivity contribution in [2.75, 3.05) is 33.4 Å². The van der Waals surface area contributed by atoms with Gasteiger partial charge in [-0.15, -0.1) is 0 Å². The van der Waals surface area contributed by atoms with Crippen LogP contribution in [0.3, 0.4) is 0 Å². The highest BCUT2D eigenvalue weighted by atomic mass is 16.5. The molecular weight excluding hydrogens is 594 g/mol. The second-order valence-corrected chi connectivity index (χ2v) is 11.5. The molecule has 4 aromatic carbocycles. The lowest BCUT2D eigenvalue weighted by atomic mass is 9.96. The fourth-order valence-electron chi connectivity index (χ4n) is 5.62. The molecule has 0 unspecified atom stereocenters. The number of likely N-dealkylation sites (tertiary alicyclic amines) is 1. The second-order valence-electron chi connectivity index (χ2n) is 11.5. The van der Waals surface area contributed by atoms with Gasteiger partial charge in [-0.05, 0) is 85.2 Å². The van der Waals surface area contributed by atoms with E-state index in [4.69, 9.17) is 18.9 Å². The predicted molar refractivity (Wildman–Crippen MR) is 180 cm³/mol. The molecule has 244 valence electrons. The van der Waals surface area contributed by atoms with E-state index in [1.54, 1.807) is 30.0 Å². The van der Waals surface area contributed by atoms with Crippen molar-refractivity contribution in [2.24, 2.45) is 5.92 Å². The van der Waals surface area contributed by atoms with Crippen LogP contribution in [0.25, 0.3) is 11.1 Å². The largest absolute Gasteiger partial charge is 0.493 e. The van der Waals surface area contributed by atoms with Crippen molar-refractivity contribution in [2.45, 2.75) is 39.2 Å². The summed E-state index contributed by atoms with van der Waals surface area (Å²) in [4.78, 5) is 39.6. The van der Waals surface area contributed by atoms with Gasteiger partial charge in [0.05, 0.1) is 37.4 Å². The van der Waals surface area contributed by atoms with Gasteiger partial charge in [0.1, 0.15) is 18.1 Å². The number of hydrogen-bond acceptors (Lipinski definition) is 7. The maximum Gasteiger partial charge on any atom is 0.338 e. The van der Waals surface area contributed by atoms with Crippen molar-refractivity contribution in [3.05, 3.63) is 119 Å². The molecule has 5 rings (SSSR count). The van der Waals surface area contributed by atoms with Crippen LogP contribution in [0.1, 0.15) is 58.0 Å². The quantitative estimate of drug-likeness (QED) is 0.114. The molecule has 8 heteroatoms. The van der Waals surface area contributed by atoms with Crippen LogP contribution in [0.5, 0.6) is 11.5 Å². The minimum Gasteiger partial charge on any atom is -0.493 e. The Kier molecular flexibility index (Phi) is 11.6. The van der Waals surface area contributed by atoms with Crippen molar-refractivity contribution < 1.29 is 33.3 Å². The Morgan fingerprint density at radius 3 is 2.15 bits per heavy atom. The summed E-state index contributed by atoms with van der Waals surface area (Å²) in [6, 6.07) is 31.6. The van der Waals surface area contributed by atoms with E-state index in [1.807, 2.05) is 30.3 Å². The first-order valence-electron chi connectivity index (χ1n) is 16.1. The first-order chi connectivity index (χ1) is 22.9. The Bertz CT molecular complexity index is 1630. The number of rotatable bonds is 13. The summed E-state index contributed by atoms with van der Waals surface area (Å²) < 4.78 is 22.1. The third-order valence-electron chi connectivity index (χ3n) is 8.30. The van der Waals surface area contributed by atoms with Gasteiger partial charge in [-0.3, -0.25) is 9.59 Å². The lowest BCUT2D eigenvalue weighted by Crippen LogP contribution is -2.40. The predicted octanol–water partition coefficient (Wildman–Crippen LogP) is 7.15. The standard InChI is InChI=1S/C39H41NO7/c1-3-45-39(43)33-17-20-36(35(26-33)37(41)40-23-21-32(22-24-40)38(42)44-2)46-25-7-8-28-13-18-34(19-14-28)47-27-29-11-15-31(16-12-29)30-9-5-4-6-10-30/h4-6,9-20,26,32H,3,7-8,21-25,27H2,1-2H3. The number of carbonyl (C=O) groups excluding carboxylic acids is 3. The summed E-state index contributed by atoms with van der Waals surface area (Å²) in [6.07, 6.45) is 2.56. The van der Waals surface area contributed by atoms with E-state index in [1.165, 1.54) is 18.2 Å². The minimum absolute atomic E-state index is 0.219. The third-order valence-corrected chi connectivity index (χ3v) is 8.30. The maximum atomic E-state index is 13.6. The Morgan fingerprint density at radius 1 is 0.787 bits per heavy atom. The molecule has 0 N–H and O–H groups in total. The van der Waals surface area contributed by atoms with E-state index in [-0.39, 0.29) is 24.4 Å². The number of methoxy groups -OCH3 is 1. The molecule has 0 aromatic heterocycles. The number of benzene rings is 4. The van der Waals surface area contributed by atoms with E-state index < -0.39 is 5.97 Å². The van der Waals surface area contributed by atoms with Gasteiger partial charge < -0.3 is 23.8 Å². The number of carbonyl (C=O) groups is 3. The Hall–Kier alpha value is -5.11. The van der Waals surface area contributed by atoms with Gasteiger partial charge in [-0.25, -0.2) is 4.79 Å². The summed E-state index contributed by atoms with van der Waals surface area (Å²) in [5.74, 6) is 0.0146. The van der Waals surface area contributed by atoms with Crippen LogP contribution < -0.4 is 9.47 Å². The molecule has 1 aliphatic rings.